The van der Waals surface area contributed by atoms with Crippen molar-refractivity contribution in [1.82, 2.24) is 15.3 Å². The molecule has 0 radical (unpaired) electrons. The third-order valence-corrected chi connectivity index (χ3v) is 5.59. The summed E-state index contributed by atoms with van der Waals surface area (Å²) in [6.45, 7) is 4.57. The zero-order chi connectivity index (χ0) is 21.1. The predicted octanol–water partition coefficient (Wildman–Crippen LogP) is 2.06. The topological polar surface area (TPSA) is 87.7 Å². The van der Waals surface area contributed by atoms with Crippen LogP contribution in [0.1, 0.15) is 30.7 Å². The van der Waals surface area contributed by atoms with Crippen LogP contribution in [0.2, 0.25) is 0 Å². The molecule has 2 saturated heterocycles. The fraction of sp³-hybridized carbons (Fsp3) is 0.455. The Kier molecular flexibility index (Phi) is 5.83. The minimum absolute atomic E-state index is 0.0578. The van der Waals surface area contributed by atoms with Crippen molar-refractivity contribution in [2.45, 2.75) is 32.7 Å². The van der Waals surface area contributed by atoms with Gasteiger partial charge in [-0.05, 0) is 38.0 Å². The first kappa shape index (κ1) is 20.1. The second-order valence-corrected chi connectivity index (χ2v) is 7.82. The lowest BCUT2D eigenvalue weighted by Gasteiger charge is -2.18. The first-order chi connectivity index (χ1) is 14.5. The van der Waals surface area contributed by atoms with Crippen molar-refractivity contribution >= 4 is 23.5 Å². The summed E-state index contributed by atoms with van der Waals surface area (Å²) < 4.78 is 5.23. The van der Waals surface area contributed by atoms with E-state index in [4.69, 9.17) is 4.74 Å². The van der Waals surface area contributed by atoms with Gasteiger partial charge in [0.2, 0.25) is 17.8 Å². The van der Waals surface area contributed by atoms with Crippen LogP contribution in [-0.2, 0) is 16.1 Å². The van der Waals surface area contributed by atoms with E-state index in [0.29, 0.717) is 18.8 Å². The average Bonchev–Trinajstić information content (AvgIpc) is 3.42. The van der Waals surface area contributed by atoms with Gasteiger partial charge < -0.3 is 19.9 Å². The smallest absolute Gasteiger partial charge is 0.227 e. The number of amides is 2. The quantitative estimate of drug-likeness (QED) is 0.786. The van der Waals surface area contributed by atoms with Gasteiger partial charge in [-0.3, -0.25) is 9.59 Å². The van der Waals surface area contributed by atoms with Crippen molar-refractivity contribution < 1.29 is 14.3 Å². The van der Waals surface area contributed by atoms with Crippen LogP contribution < -0.4 is 19.9 Å². The molecule has 8 nitrogen and oxygen atoms in total. The van der Waals surface area contributed by atoms with E-state index in [9.17, 15) is 9.59 Å². The molecule has 0 bridgehead atoms. The number of ether oxygens (including phenoxy) is 1. The minimum atomic E-state index is -0.385. The summed E-state index contributed by atoms with van der Waals surface area (Å²) in [5, 5.41) is 2.95. The van der Waals surface area contributed by atoms with E-state index in [1.165, 1.54) is 0 Å². The van der Waals surface area contributed by atoms with E-state index < -0.39 is 0 Å². The van der Waals surface area contributed by atoms with Crippen LogP contribution in [0.5, 0.6) is 5.75 Å². The number of anilines is 2. The van der Waals surface area contributed by atoms with Gasteiger partial charge in [0.25, 0.3) is 0 Å². The van der Waals surface area contributed by atoms with E-state index in [2.05, 4.69) is 20.2 Å². The number of hydrogen-bond donors (Lipinski definition) is 1. The van der Waals surface area contributed by atoms with Crippen LogP contribution in [-0.4, -0.2) is 48.5 Å². The summed E-state index contributed by atoms with van der Waals surface area (Å²) in [5.41, 5.74) is 2.42. The highest BCUT2D eigenvalue weighted by Gasteiger charge is 2.35. The van der Waals surface area contributed by atoms with Gasteiger partial charge in [0, 0.05) is 43.5 Å². The van der Waals surface area contributed by atoms with Gasteiger partial charge in [-0.25, -0.2) is 9.97 Å². The molecule has 0 spiro atoms. The Morgan fingerprint density at radius 1 is 1.23 bits per heavy atom. The maximum absolute atomic E-state index is 12.7. The van der Waals surface area contributed by atoms with Crippen molar-refractivity contribution in [2.75, 3.05) is 36.5 Å². The molecule has 8 heteroatoms. The van der Waals surface area contributed by atoms with Crippen LogP contribution in [0.15, 0.2) is 30.3 Å². The molecular weight excluding hydrogens is 382 g/mol. The van der Waals surface area contributed by atoms with E-state index in [0.717, 1.165) is 49.0 Å². The van der Waals surface area contributed by atoms with Crippen molar-refractivity contribution in [3.05, 3.63) is 41.7 Å². The molecule has 1 N–H and O–H groups in total. The lowest BCUT2D eigenvalue weighted by atomic mass is 10.1. The second kappa shape index (κ2) is 8.69. The fourth-order valence-corrected chi connectivity index (χ4v) is 4.00. The summed E-state index contributed by atoms with van der Waals surface area (Å²) in [7, 11) is 1.59. The summed E-state index contributed by atoms with van der Waals surface area (Å²) in [5.74, 6) is 0.841. The van der Waals surface area contributed by atoms with Gasteiger partial charge in [-0.1, -0.05) is 6.07 Å². The molecule has 0 saturated carbocycles. The number of hydrogen-bond acceptors (Lipinski definition) is 6. The van der Waals surface area contributed by atoms with Crippen molar-refractivity contribution in [3.8, 4) is 5.75 Å². The largest absolute Gasteiger partial charge is 0.497 e. The van der Waals surface area contributed by atoms with Crippen molar-refractivity contribution in [2.24, 2.45) is 5.92 Å². The average molecular weight is 409 g/mol. The van der Waals surface area contributed by atoms with Crippen LogP contribution in [0.4, 0.5) is 11.6 Å². The Morgan fingerprint density at radius 3 is 2.80 bits per heavy atom. The van der Waals surface area contributed by atoms with Crippen LogP contribution >= 0.6 is 0 Å². The summed E-state index contributed by atoms with van der Waals surface area (Å²) in [6, 6.07) is 9.22. The van der Waals surface area contributed by atoms with E-state index in [-0.39, 0.29) is 24.2 Å². The molecular formula is C22H27N5O3. The molecule has 30 heavy (non-hydrogen) atoms. The third-order valence-electron chi connectivity index (χ3n) is 5.59. The molecule has 2 fully saturated rings. The van der Waals surface area contributed by atoms with Crippen molar-refractivity contribution in [3.63, 3.8) is 0 Å². The number of benzene rings is 1. The number of carbonyl (C=O) groups excluding carboxylic acids is 2. The number of nitrogens with zero attached hydrogens (tertiary/aromatic N) is 4. The standard InChI is InChI=1S/C22H27N5O3/c1-15-10-17(25-22(24-15)26-8-3-4-9-26)13-23-21(29)16-11-20(28)27(14-16)18-6-5-7-19(12-18)30-2/h5-7,10,12,16H,3-4,8-9,11,13-14H2,1-2H3,(H,23,29). The normalized spacial score (nSPS) is 18.7. The van der Waals surface area contributed by atoms with Gasteiger partial charge in [-0.15, -0.1) is 0 Å². The Bertz CT molecular complexity index is 942. The highest BCUT2D eigenvalue weighted by atomic mass is 16.5. The SMILES string of the molecule is COc1cccc(N2CC(C(=O)NCc3cc(C)nc(N4CCCC4)n3)CC2=O)c1. The van der Waals surface area contributed by atoms with Gasteiger partial charge >= 0.3 is 0 Å². The van der Waals surface area contributed by atoms with Gasteiger partial charge in [0.1, 0.15) is 5.75 Å². The maximum atomic E-state index is 12.7. The number of aryl methyl sites for hydroxylation is 1. The molecule has 0 aliphatic carbocycles. The molecule has 2 aliphatic heterocycles. The second-order valence-electron chi connectivity index (χ2n) is 7.82. The van der Waals surface area contributed by atoms with Crippen molar-refractivity contribution in [1.29, 1.82) is 0 Å². The first-order valence-electron chi connectivity index (χ1n) is 10.3. The lowest BCUT2D eigenvalue weighted by Crippen LogP contribution is -2.33. The van der Waals surface area contributed by atoms with E-state index >= 15 is 0 Å². The number of carbonyl (C=O) groups is 2. The molecule has 1 aromatic heterocycles. The zero-order valence-corrected chi connectivity index (χ0v) is 17.4. The number of aromatic nitrogens is 2. The monoisotopic (exact) mass is 409 g/mol. The Labute approximate surface area is 176 Å². The zero-order valence-electron chi connectivity index (χ0n) is 17.4. The molecule has 3 heterocycles. The third kappa shape index (κ3) is 4.37. The highest BCUT2D eigenvalue weighted by Crippen LogP contribution is 2.28. The molecule has 4 rings (SSSR count). The summed E-state index contributed by atoms with van der Waals surface area (Å²) in [4.78, 5) is 38.2. The Morgan fingerprint density at radius 2 is 2.03 bits per heavy atom. The van der Waals surface area contributed by atoms with Crippen LogP contribution in [0, 0.1) is 12.8 Å². The Hall–Kier alpha value is -3.16. The molecule has 1 aromatic carbocycles. The molecule has 1 atom stereocenters. The number of nitrogens with one attached hydrogen (secondary N) is 1. The van der Waals surface area contributed by atoms with Crippen LogP contribution in [0.25, 0.3) is 0 Å². The molecule has 2 amide bonds. The summed E-state index contributed by atoms with van der Waals surface area (Å²) >= 11 is 0. The minimum Gasteiger partial charge on any atom is -0.497 e. The van der Waals surface area contributed by atoms with E-state index in [1.54, 1.807) is 12.0 Å². The van der Waals surface area contributed by atoms with Gasteiger partial charge in [0.05, 0.1) is 25.3 Å². The maximum Gasteiger partial charge on any atom is 0.227 e. The number of methoxy groups -OCH3 is 1. The fourth-order valence-electron chi connectivity index (χ4n) is 4.00. The molecule has 158 valence electrons. The first-order valence-corrected chi connectivity index (χ1v) is 10.3. The van der Waals surface area contributed by atoms with Gasteiger partial charge in [-0.2, -0.15) is 0 Å². The Balaban J connectivity index is 1.38. The number of rotatable bonds is 6. The molecule has 2 aliphatic rings. The van der Waals surface area contributed by atoms with E-state index in [1.807, 2.05) is 37.3 Å². The lowest BCUT2D eigenvalue weighted by molar-refractivity contribution is -0.126. The molecule has 2 aromatic rings. The molecule has 1 unspecified atom stereocenters. The highest BCUT2D eigenvalue weighted by molar-refractivity contribution is 6.00. The van der Waals surface area contributed by atoms with Crippen LogP contribution in [0.3, 0.4) is 0 Å². The summed E-state index contributed by atoms with van der Waals surface area (Å²) in [6.07, 6.45) is 2.51. The van der Waals surface area contributed by atoms with Gasteiger partial charge in [0.15, 0.2) is 0 Å². The predicted molar refractivity (Wildman–Crippen MR) is 114 cm³/mol.